The smallest absolute Gasteiger partial charge is 0.232 e. The highest BCUT2D eigenvalue weighted by atomic mass is 32.2. The maximum atomic E-state index is 14.9. The second-order valence-corrected chi connectivity index (χ2v) is 9.00. The molecule has 0 atom stereocenters. The molecule has 0 bridgehead atoms. The van der Waals surface area contributed by atoms with Crippen molar-refractivity contribution >= 4 is 49.6 Å². The molecule has 0 radical (unpaired) electrons. The molecular formula is C22H20F2N6O2S. The molecule has 2 heterocycles. The van der Waals surface area contributed by atoms with Crippen molar-refractivity contribution < 1.29 is 17.2 Å². The first-order valence-corrected chi connectivity index (χ1v) is 11.7. The molecule has 4 aromatic rings. The predicted octanol–water partition coefficient (Wildman–Crippen LogP) is 4.94. The fourth-order valence-corrected chi connectivity index (χ4v) is 4.24. The van der Waals surface area contributed by atoms with E-state index >= 15 is 0 Å². The van der Waals surface area contributed by atoms with Gasteiger partial charge in [0.1, 0.15) is 17.3 Å². The van der Waals surface area contributed by atoms with Gasteiger partial charge in [0.25, 0.3) is 0 Å². The van der Waals surface area contributed by atoms with Crippen LogP contribution in [0.4, 0.5) is 37.3 Å². The summed E-state index contributed by atoms with van der Waals surface area (Å²) in [5.74, 6) is -1.62. The summed E-state index contributed by atoms with van der Waals surface area (Å²) in [5, 5.41) is 5.76. The van der Waals surface area contributed by atoms with E-state index in [1.165, 1.54) is 0 Å². The lowest BCUT2D eigenvalue weighted by molar-refractivity contribution is 0.588. The molecule has 4 rings (SSSR count). The minimum absolute atomic E-state index is 0.175. The number of hydrogen-bond donors (Lipinski definition) is 3. The SMILES string of the molecule is CCCS(=O)(=O)Nc1ccc(F)c(Nc2ccc3ncc(Nc4cccnc4)nc3c2)c1F. The van der Waals surface area contributed by atoms with Gasteiger partial charge >= 0.3 is 0 Å². The van der Waals surface area contributed by atoms with E-state index in [4.69, 9.17) is 0 Å². The first-order chi connectivity index (χ1) is 15.8. The number of hydrogen-bond acceptors (Lipinski definition) is 7. The highest BCUT2D eigenvalue weighted by Gasteiger charge is 2.18. The van der Waals surface area contributed by atoms with Crippen LogP contribution in [0.1, 0.15) is 13.3 Å². The van der Waals surface area contributed by atoms with E-state index in [9.17, 15) is 17.2 Å². The highest BCUT2D eigenvalue weighted by molar-refractivity contribution is 7.92. The third-order valence-electron chi connectivity index (χ3n) is 4.57. The summed E-state index contributed by atoms with van der Waals surface area (Å²) in [7, 11) is -3.74. The van der Waals surface area contributed by atoms with E-state index < -0.39 is 27.3 Å². The summed E-state index contributed by atoms with van der Waals surface area (Å²) >= 11 is 0. The number of aromatic nitrogens is 3. The average molecular weight is 471 g/mol. The number of halogens is 2. The van der Waals surface area contributed by atoms with Crippen molar-refractivity contribution in [1.29, 1.82) is 0 Å². The summed E-state index contributed by atoms with van der Waals surface area (Å²) in [6, 6.07) is 10.5. The molecule has 0 aliphatic rings. The number of pyridine rings is 1. The Morgan fingerprint density at radius 2 is 1.82 bits per heavy atom. The molecule has 2 aromatic carbocycles. The van der Waals surface area contributed by atoms with Crippen molar-refractivity contribution in [3.63, 3.8) is 0 Å². The van der Waals surface area contributed by atoms with Crippen molar-refractivity contribution in [2.24, 2.45) is 0 Å². The Morgan fingerprint density at radius 1 is 0.970 bits per heavy atom. The van der Waals surface area contributed by atoms with Gasteiger partial charge in [-0.3, -0.25) is 14.7 Å². The van der Waals surface area contributed by atoms with Crippen molar-refractivity contribution in [1.82, 2.24) is 15.0 Å². The quantitative estimate of drug-likeness (QED) is 0.335. The van der Waals surface area contributed by atoms with Gasteiger partial charge in [-0.05, 0) is 48.9 Å². The van der Waals surface area contributed by atoms with E-state index in [1.54, 1.807) is 49.8 Å². The number of anilines is 5. The summed E-state index contributed by atoms with van der Waals surface area (Å²) in [5.41, 5.74) is 1.32. The van der Waals surface area contributed by atoms with Crippen LogP contribution in [0.5, 0.6) is 0 Å². The van der Waals surface area contributed by atoms with Crippen LogP contribution in [0.2, 0.25) is 0 Å². The van der Waals surface area contributed by atoms with E-state index in [1.807, 2.05) is 6.07 Å². The van der Waals surface area contributed by atoms with E-state index in [0.29, 0.717) is 29.0 Å². The van der Waals surface area contributed by atoms with Gasteiger partial charge in [-0.2, -0.15) is 0 Å². The molecule has 170 valence electrons. The first kappa shape index (κ1) is 22.3. The number of sulfonamides is 1. The second kappa shape index (κ2) is 9.33. The van der Waals surface area contributed by atoms with Crippen LogP contribution in [0.3, 0.4) is 0 Å². The van der Waals surface area contributed by atoms with Crippen LogP contribution >= 0.6 is 0 Å². The maximum Gasteiger partial charge on any atom is 0.232 e. The fourth-order valence-electron chi connectivity index (χ4n) is 3.11. The third kappa shape index (κ3) is 5.32. The van der Waals surface area contributed by atoms with Gasteiger partial charge in [0.15, 0.2) is 5.82 Å². The Bertz CT molecular complexity index is 1400. The monoisotopic (exact) mass is 470 g/mol. The van der Waals surface area contributed by atoms with Crippen LogP contribution in [0.25, 0.3) is 11.0 Å². The van der Waals surface area contributed by atoms with Crippen LogP contribution in [0, 0.1) is 11.6 Å². The van der Waals surface area contributed by atoms with Gasteiger partial charge in [0, 0.05) is 11.9 Å². The van der Waals surface area contributed by atoms with Crippen LogP contribution in [-0.2, 0) is 10.0 Å². The number of nitrogens with zero attached hydrogens (tertiary/aromatic N) is 3. The largest absolute Gasteiger partial charge is 0.351 e. The van der Waals surface area contributed by atoms with Crippen LogP contribution in [0.15, 0.2) is 61.1 Å². The number of rotatable bonds is 8. The van der Waals surface area contributed by atoms with E-state index in [2.05, 4.69) is 30.3 Å². The van der Waals surface area contributed by atoms with Gasteiger partial charge in [-0.15, -0.1) is 0 Å². The normalized spacial score (nSPS) is 11.4. The lowest BCUT2D eigenvalue weighted by Crippen LogP contribution is -2.17. The Hall–Kier alpha value is -3.86. The van der Waals surface area contributed by atoms with Crippen LogP contribution < -0.4 is 15.4 Å². The summed E-state index contributed by atoms with van der Waals surface area (Å²) in [6.45, 7) is 1.69. The lowest BCUT2D eigenvalue weighted by atomic mass is 10.2. The van der Waals surface area contributed by atoms with Gasteiger partial charge in [-0.25, -0.2) is 22.2 Å². The second-order valence-electron chi connectivity index (χ2n) is 7.16. The molecule has 0 aliphatic carbocycles. The number of nitrogens with one attached hydrogen (secondary N) is 3. The van der Waals surface area contributed by atoms with Gasteiger partial charge in [-0.1, -0.05) is 6.92 Å². The minimum atomic E-state index is -3.74. The van der Waals surface area contributed by atoms with Gasteiger partial charge in [0.05, 0.1) is 40.6 Å². The van der Waals surface area contributed by atoms with E-state index in [0.717, 1.165) is 17.8 Å². The number of fused-ring (bicyclic) bond motifs is 1. The molecule has 0 aliphatic heterocycles. The molecule has 2 aromatic heterocycles. The Labute approximate surface area is 189 Å². The molecule has 0 saturated carbocycles. The average Bonchev–Trinajstić information content (AvgIpc) is 2.79. The molecule has 11 heteroatoms. The Morgan fingerprint density at radius 3 is 2.58 bits per heavy atom. The molecule has 0 spiro atoms. The molecule has 3 N–H and O–H groups in total. The van der Waals surface area contributed by atoms with Crippen molar-refractivity contribution in [2.45, 2.75) is 13.3 Å². The summed E-state index contributed by atoms with van der Waals surface area (Å²) in [4.78, 5) is 12.8. The topological polar surface area (TPSA) is 109 Å². The standard InChI is InChI=1S/C22H20F2N6O2S/c1-2-10-33(31,32)30-18-8-6-16(23)22(21(18)24)28-14-5-7-17-19(11-14)29-20(13-26-17)27-15-4-3-9-25-12-15/h3-9,11-13,28,30H,2,10H2,1H3,(H,27,29). The molecular weight excluding hydrogens is 450 g/mol. The summed E-state index contributed by atoms with van der Waals surface area (Å²) in [6.07, 6.45) is 5.21. The van der Waals surface area contributed by atoms with Crippen molar-refractivity contribution in [2.75, 3.05) is 21.1 Å². The molecule has 8 nitrogen and oxygen atoms in total. The zero-order chi connectivity index (χ0) is 23.4. The first-order valence-electron chi connectivity index (χ1n) is 10.0. The molecule has 0 saturated heterocycles. The fraction of sp³-hybridized carbons (Fsp3) is 0.136. The lowest BCUT2D eigenvalue weighted by Gasteiger charge is -2.14. The number of benzene rings is 2. The molecule has 33 heavy (non-hydrogen) atoms. The summed E-state index contributed by atoms with van der Waals surface area (Å²) < 4.78 is 55.5. The molecule has 0 unspecified atom stereocenters. The highest BCUT2D eigenvalue weighted by Crippen LogP contribution is 2.30. The van der Waals surface area contributed by atoms with E-state index in [-0.39, 0.29) is 11.4 Å². The minimum Gasteiger partial charge on any atom is -0.351 e. The van der Waals surface area contributed by atoms with Crippen molar-refractivity contribution in [3.05, 3.63) is 72.7 Å². The molecule has 0 fully saturated rings. The van der Waals surface area contributed by atoms with Gasteiger partial charge < -0.3 is 10.6 Å². The zero-order valence-electron chi connectivity index (χ0n) is 17.5. The van der Waals surface area contributed by atoms with Gasteiger partial charge in [0.2, 0.25) is 10.0 Å². The Balaban J connectivity index is 1.62. The zero-order valence-corrected chi connectivity index (χ0v) is 18.3. The van der Waals surface area contributed by atoms with Crippen LogP contribution in [-0.4, -0.2) is 29.1 Å². The predicted molar refractivity (Wildman–Crippen MR) is 124 cm³/mol. The third-order valence-corrected chi connectivity index (χ3v) is 6.05. The maximum absolute atomic E-state index is 14.9. The Kier molecular flexibility index (Phi) is 6.31. The molecule has 0 amide bonds. The van der Waals surface area contributed by atoms with Crippen molar-refractivity contribution in [3.8, 4) is 0 Å².